The largest absolute Gasteiger partial charge is 0.327 e. The summed E-state index contributed by atoms with van der Waals surface area (Å²) in [4.78, 5) is 16.0. The van der Waals surface area contributed by atoms with E-state index in [4.69, 9.17) is 58.0 Å². The average Bonchev–Trinajstić information content (AvgIpc) is 2.91. The van der Waals surface area contributed by atoms with E-state index in [0.717, 1.165) is 0 Å². The second-order valence-electron chi connectivity index (χ2n) is 3.92. The minimum atomic E-state index is -1.82. The van der Waals surface area contributed by atoms with Crippen LogP contribution in [-0.4, -0.2) is 24.5 Å². The quantitative estimate of drug-likeness (QED) is 0.812. The number of hydrogen-bond acceptors (Lipinski definition) is 3. The van der Waals surface area contributed by atoms with E-state index in [9.17, 15) is 4.79 Å². The summed E-state index contributed by atoms with van der Waals surface area (Å²) in [5.41, 5.74) is 0.267. The molecule has 1 heterocycles. The molecule has 21 heavy (non-hydrogen) atoms. The van der Waals surface area contributed by atoms with Crippen LogP contribution in [0.3, 0.4) is 0 Å². The molecule has 0 spiro atoms. The van der Waals surface area contributed by atoms with E-state index in [0.29, 0.717) is 5.02 Å². The molecule has 1 aromatic heterocycles. The third-order valence-electron chi connectivity index (χ3n) is 2.46. The number of nitrogens with zero attached hydrogens (tertiary/aromatic N) is 3. The highest BCUT2D eigenvalue weighted by molar-refractivity contribution is 6.67. The Morgan fingerprint density at radius 2 is 1.95 bits per heavy atom. The van der Waals surface area contributed by atoms with Gasteiger partial charge in [0.1, 0.15) is 12.7 Å². The van der Waals surface area contributed by atoms with Crippen LogP contribution in [-0.2, 0) is 0 Å². The Morgan fingerprint density at radius 3 is 2.48 bits per heavy atom. The molecule has 1 unspecified atom stereocenters. The maximum Gasteiger partial charge on any atom is 0.253 e. The zero-order valence-electron chi connectivity index (χ0n) is 10.1. The lowest BCUT2D eigenvalue weighted by atomic mass is 10.2. The van der Waals surface area contributed by atoms with Crippen molar-refractivity contribution < 1.29 is 4.79 Å². The van der Waals surface area contributed by atoms with Gasteiger partial charge in [-0.3, -0.25) is 4.79 Å². The third-order valence-corrected chi connectivity index (χ3v) is 3.82. The van der Waals surface area contributed by atoms with E-state index >= 15 is 0 Å². The topological polar surface area (TPSA) is 59.8 Å². The first-order chi connectivity index (χ1) is 9.79. The molecule has 1 N–H and O–H groups in total. The summed E-state index contributed by atoms with van der Waals surface area (Å²) < 4.78 is -0.595. The molecule has 2 rings (SSSR count). The molecule has 0 saturated carbocycles. The van der Waals surface area contributed by atoms with Crippen LogP contribution in [0.25, 0.3) is 0 Å². The fourth-order valence-corrected chi connectivity index (χ4v) is 2.26. The number of carbonyl (C=O) groups excluding carboxylic acids is 1. The van der Waals surface area contributed by atoms with E-state index in [1.54, 1.807) is 0 Å². The Labute approximate surface area is 145 Å². The molecule has 1 amide bonds. The summed E-state index contributed by atoms with van der Waals surface area (Å²) in [6, 6.07) is 4.41. The molecular formula is C11H7Cl5N4O. The van der Waals surface area contributed by atoms with Crippen LogP contribution in [0.1, 0.15) is 16.5 Å². The maximum atomic E-state index is 12.2. The monoisotopic (exact) mass is 386 g/mol. The molecule has 0 aliphatic carbocycles. The average molecular weight is 388 g/mol. The molecule has 1 aromatic carbocycles. The molecule has 1 atom stereocenters. The molecule has 0 bridgehead atoms. The van der Waals surface area contributed by atoms with Gasteiger partial charge in [-0.15, -0.1) is 0 Å². The molecule has 0 fully saturated rings. The lowest BCUT2D eigenvalue weighted by molar-refractivity contribution is 0.0916. The predicted molar refractivity (Wildman–Crippen MR) is 83.3 cm³/mol. The van der Waals surface area contributed by atoms with E-state index in [1.807, 2.05) is 0 Å². The normalized spacial score (nSPS) is 13.0. The van der Waals surface area contributed by atoms with Crippen LogP contribution in [0.4, 0.5) is 0 Å². The molecular weight excluding hydrogens is 381 g/mol. The molecule has 0 saturated heterocycles. The van der Waals surface area contributed by atoms with Gasteiger partial charge < -0.3 is 5.32 Å². The van der Waals surface area contributed by atoms with Gasteiger partial charge in [-0.2, -0.15) is 5.10 Å². The number of hydrogen-bond donors (Lipinski definition) is 1. The fourth-order valence-electron chi connectivity index (χ4n) is 1.49. The molecule has 0 aliphatic rings. The lowest BCUT2D eigenvalue weighted by Crippen LogP contribution is -2.40. The van der Waals surface area contributed by atoms with Crippen LogP contribution in [0.5, 0.6) is 0 Å². The van der Waals surface area contributed by atoms with Crippen molar-refractivity contribution in [2.45, 2.75) is 9.96 Å². The minimum absolute atomic E-state index is 0.246. The van der Waals surface area contributed by atoms with Crippen LogP contribution in [0.15, 0.2) is 30.9 Å². The maximum absolute atomic E-state index is 12.2. The zero-order valence-corrected chi connectivity index (χ0v) is 13.9. The number of halogens is 5. The second-order valence-corrected chi connectivity index (χ2v) is 7.11. The number of alkyl halides is 3. The first-order valence-electron chi connectivity index (χ1n) is 5.46. The van der Waals surface area contributed by atoms with Gasteiger partial charge in [0, 0.05) is 5.56 Å². The number of rotatable bonds is 3. The van der Waals surface area contributed by atoms with Gasteiger partial charge in [0.2, 0.25) is 3.79 Å². The van der Waals surface area contributed by atoms with Gasteiger partial charge in [-0.25, -0.2) is 9.67 Å². The molecule has 0 radical (unpaired) electrons. The van der Waals surface area contributed by atoms with Crippen molar-refractivity contribution in [3.05, 3.63) is 46.5 Å². The summed E-state index contributed by atoms with van der Waals surface area (Å²) in [5.74, 6) is -0.500. The molecule has 112 valence electrons. The number of nitrogens with one attached hydrogen (secondary N) is 1. The van der Waals surface area contributed by atoms with Crippen LogP contribution < -0.4 is 5.32 Å². The fraction of sp³-hybridized carbons (Fsp3) is 0.182. The third kappa shape index (κ3) is 4.14. The van der Waals surface area contributed by atoms with Crippen molar-refractivity contribution >= 4 is 63.9 Å². The van der Waals surface area contributed by atoms with Gasteiger partial charge in [0.15, 0.2) is 6.17 Å². The first-order valence-corrected chi connectivity index (χ1v) is 7.35. The lowest BCUT2D eigenvalue weighted by Gasteiger charge is -2.25. The summed E-state index contributed by atoms with van der Waals surface area (Å²) >= 11 is 29.2. The van der Waals surface area contributed by atoms with Crippen LogP contribution >= 0.6 is 58.0 Å². The number of aromatic nitrogens is 3. The van der Waals surface area contributed by atoms with Gasteiger partial charge >= 0.3 is 0 Å². The number of amides is 1. The summed E-state index contributed by atoms with van der Waals surface area (Å²) in [6.07, 6.45) is 1.54. The van der Waals surface area contributed by atoms with E-state index in [1.165, 1.54) is 35.5 Å². The summed E-state index contributed by atoms with van der Waals surface area (Å²) in [5, 5.41) is 6.98. The van der Waals surface area contributed by atoms with Crippen molar-refractivity contribution in [1.82, 2.24) is 20.1 Å². The Hall–Kier alpha value is -0.720. The Morgan fingerprint density at radius 1 is 1.24 bits per heavy atom. The summed E-state index contributed by atoms with van der Waals surface area (Å²) in [6.45, 7) is 0. The van der Waals surface area contributed by atoms with Crippen LogP contribution in [0.2, 0.25) is 10.0 Å². The Balaban J connectivity index is 2.24. The summed E-state index contributed by atoms with van der Waals surface area (Å²) in [7, 11) is 0. The first kappa shape index (κ1) is 16.6. The molecule has 5 nitrogen and oxygen atoms in total. The molecule has 2 aromatic rings. The highest BCUT2D eigenvalue weighted by atomic mass is 35.6. The Bertz CT molecular complexity index is 641. The highest BCUT2D eigenvalue weighted by Gasteiger charge is 2.36. The number of benzene rings is 1. The zero-order chi connectivity index (χ0) is 15.6. The molecule has 0 aliphatic heterocycles. The van der Waals surface area contributed by atoms with E-state index in [2.05, 4.69) is 15.4 Å². The van der Waals surface area contributed by atoms with Crippen molar-refractivity contribution in [2.75, 3.05) is 0 Å². The van der Waals surface area contributed by atoms with Crippen molar-refractivity contribution in [3.8, 4) is 0 Å². The Kier molecular flexibility index (Phi) is 5.22. The number of carbonyl (C=O) groups is 1. The van der Waals surface area contributed by atoms with E-state index in [-0.39, 0.29) is 10.6 Å². The van der Waals surface area contributed by atoms with Gasteiger partial charge in [0.25, 0.3) is 5.91 Å². The van der Waals surface area contributed by atoms with Crippen molar-refractivity contribution in [3.63, 3.8) is 0 Å². The standard InChI is InChI=1S/C11H7Cl5N4O/c12-7-2-1-6(3-8(7)13)9(21)19-10(11(14,15)16)20-5-17-4-18-20/h1-5,10H,(H,19,21). The van der Waals surface area contributed by atoms with Gasteiger partial charge in [0.05, 0.1) is 10.0 Å². The van der Waals surface area contributed by atoms with Crippen molar-refractivity contribution in [2.24, 2.45) is 0 Å². The second kappa shape index (κ2) is 6.58. The van der Waals surface area contributed by atoms with Crippen LogP contribution in [0, 0.1) is 0 Å². The SMILES string of the molecule is O=C(NC(n1cncn1)C(Cl)(Cl)Cl)c1ccc(Cl)c(Cl)c1. The smallest absolute Gasteiger partial charge is 0.253 e. The molecule has 10 heteroatoms. The highest BCUT2D eigenvalue weighted by Crippen LogP contribution is 2.36. The van der Waals surface area contributed by atoms with E-state index < -0.39 is 15.9 Å². The predicted octanol–water partition coefficient (Wildman–Crippen LogP) is 3.88. The van der Waals surface area contributed by atoms with Crippen molar-refractivity contribution in [1.29, 1.82) is 0 Å². The minimum Gasteiger partial charge on any atom is -0.327 e. The van der Waals surface area contributed by atoms with Gasteiger partial charge in [-0.1, -0.05) is 58.0 Å². The van der Waals surface area contributed by atoms with Gasteiger partial charge in [-0.05, 0) is 18.2 Å².